The number of hydrogen-bond donors (Lipinski definition) is 1. The van der Waals surface area contributed by atoms with Gasteiger partial charge in [0.05, 0.1) is 24.8 Å². The first-order valence-electron chi connectivity index (χ1n) is 10.9. The highest BCUT2D eigenvalue weighted by atomic mass is 16.5. The Morgan fingerprint density at radius 2 is 2.00 bits per heavy atom. The molecule has 0 aliphatic carbocycles. The summed E-state index contributed by atoms with van der Waals surface area (Å²) < 4.78 is 5.75. The molecule has 1 aromatic carbocycles. The summed E-state index contributed by atoms with van der Waals surface area (Å²) >= 11 is 0. The number of para-hydroxylation sites is 1. The molecule has 3 fully saturated rings. The van der Waals surface area contributed by atoms with Crippen molar-refractivity contribution in [2.75, 3.05) is 57.8 Å². The van der Waals surface area contributed by atoms with Gasteiger partial charge in [-0.05, 0) is 25.1 Å². The van der Waals surface area contributed by atoms with Crippen molar-refractivity contribution in [1.29, 1.82) is 0 Å². The molecule has 0 radical (unpaired) electrons. The Balaban J connectivity index is 1.38. The summed E-state index contributed by atoms with van der Waals surface area (Å²) in [5.41, 5.74) is 0.959. The third-order valence-electron chi connectivity index (χ3n) is 6.43. The number of nitrogens with one attached hydrogen (secondary N) is 1. The molecule has 2 amide bonds. The van der Waals surface area contributed by atoms with Crippen LogP contribution in [0.1, 0.15) is 32.6 Å². The molecule has 3 heterocycles. The van der Waals surface area contributed by atoms with Crippen LogP contribution >= 0.6 is 0 Å². The van der Waals surface area contributed by atoms with Crippen LogP contribution in [-0.4, -0.2) is 84.8 Å². The fourth-order valence-electron chi connectivity index (χ4n) is 5.06. The zero-order valence-electron chi connectivity index (χ0n) is 17.1. The van der Waals surface area contributed by atoms with E-state index in [1.165, 1.54) is 32.2 Å². The first-order chi connectivity index (χ1) is 13.7. The van der Waals surface area contributed by atoms with Crippen molar-refractivity contribution < 1.29 is 9.53 Å². The summed E-state index contributed by atoms with van der Waals surface area (Å²) in [4.78, 5) is 20.2. The van der Waals surface area contributed by atoms with E-state index in [-0.39, 0.29) is 11.6 Å². The first kappa shape index (κ1) is 19.7. The van der Waals surface area contributed by atoms with Crippen LogP contribution in [0.4, 0.5) is 10.5 Å². The number of benzene rings is 1. The maximum atomic E-state index is 12.9. The number of hydrogen-bond acceptors (Lipinski definition) is 4. The van der Waals surface area contributed by atoms with Crippen LogP contribution < -0.4 is 5.32 Å². The number of carbonyl (C=O) groups is 1. The normalized spacial score (nSPS) is 24.6. The predicted octanol–water partition coefficient (Wildman–Crippen LogP) is 2.87. The molecular weight excluding hydrogens is 352 g/mol. The van der Waals surface area contributed by atoms with E-state index in [4.69, 9.17) is 4.74 Å². The number of carbonyl (C=O) groups excluding carboxylic acids is 1. The molecule has 1 atom stereocenters. The van der Waals surface area contributed by atoms with Crippen LogP contribution in [0.5, 0.6) is 0 Å². The summed E-state index contributed by atoms with van der Waals surface area (Å²) in [5.74, 6) is 0. The van der Waals surface area contributed by atoms with E-state index in [1.54, 1.807) is 0 Å². The number of nitrogens with zero attached hydrogens (tertiary/aromatic N) is 3. The van der Waals surface area contributed by atoms with Crippen molar-refractivity contribution in [3.63, 3.8) is 0 Å². The highest BCUT2D eigenvalue weighted by molar-refractivity contribution is 5.89. The average Bonchev–Trinajstić information content (AvgIpc) is 2.70. The van der Waals surface area contributed by atoms with E-state index >= 15 is 0 Å². The van der Waals surface area contributed by atoms with E-state index in [0.717, 1.165) is 51.6 Å². The number of anilines is 1. The van der Waals surface area contributed by atoms with Gasteiger partial charge in [-0.25, -0.2) is 4.79 Å². The molecule has 0 aromatic heterocycles. The lowest BCUT2D eigenvalue weighted by molar-refractivity contribution is -0.157. The van der Waals surface area contributed by atoms with Crippen LogP contribution in [0.2, 0.25) is 0 Å². The summed E-state index contributed by atoms with van der Waals surface area (Å²) in [5, 5.41) is 3.07. The fourth-order valence-corrected chi connectivity index (χ4v) is 5.06. The Morgan fingerprint density at radius 1 is 1.18 bits per heavy atom. The van der Waals surface area contributed by atoms with Gasteiger partial charge in [0.2, 0.25) is 0 Å². The Morgan fingerprint density at radius 3 is 2.79 bits per heavy atom. The monoisotopic (exact) mass is 386 g/mol. The van der Waals surface area contributed by atoms with Gasteiger partial charge >= 0.3 is 6.03 Å². The quantitative estimate of drug-likeness (QED) is 0.764. The Labute approximate surface area is 168 Å². The molecule has 3 aliphatic heterocycles. The van der Waals surface area contributed by atoms with Crippen molar-refractivity contribution in [3.05, 3.63) is 30.3 Å². The molecule has 3 aliphatic rings. The number of likely N-dealkylation sites (tertiary alicyclic amines) is 1. The molecule has 3 saturated heterocycles. The minimum absolute atomic E-state index is 0.0113. The lowest BCUT2D eigenvalue weighted by Crippen LogP contribution is -2.81. The van der Waals surface area contributed by atoms with E-state index in [0.29, 0.717) is 6.04 Å². The van der Waals surface area contributed by atoms with Gasteiger partial charge in [0.1, 0.15) is 0 Å². The van der Waals surface area contributed by atoms with Crippen molar-refractivity contribution in [2.45, 2.75) is 44.2 Å². The van der Waals surface area contributed by atoms with Gasteiger partial charge in [-0.15, -0.1) is 0 Å². The maximum absolute atomic E-state index is 12.9. The standard InChI is InChI=1S/C22H34N4O2/c1-2-3-4-8-11-24-16-22(17-24)18-25(14-20-15-28-13-12-26(20)22)21(27)23-19-9-6-5-7-10-19/h5-7,9-10,20H,2-4,8,11-18H2,1H3,(H,23,27)/t20-/m1/s1. The molecule has 0 unspecified atom stereocenters. The van der Waals surface area contributed by atoms with Crippen molar-refractivity contribution in [2.24, 2.45) is 0 Å². The van der Waals surface area contributed by atoms with E-state index in [1.807, 2.05) is 35.2 Å². The van der Waals surface area contributed by atoms with E-state index < -0.39 is 0 Å². The Bertz CT molecular complexity index is 647. The third kappa shape index (κ3) is 4.19. The van der Waals surface area contributed by atoms with Crippen molar-refractivity contribution in [1.82, 2.24) is 14.7 Å². The van der Waals surface area contributed by atoms with Crippen LogP contribution in [0, 0.1) is 0 Å². The van der Waals surface area contributed by atoms with Crippen molar-refractivity contribution >= 4 is 11.7 Å². The largest absolute Gasteiger partial charge is 0.378 e. The van der Waals surface area contributed by atoms with Gasteiger partial charge in [-0.3, -0.25) is 9.80 Å². The zero-order chi connectivity index (χ0) is 19.4. The first-order valence-corrected chi connectivity index (χ1v) is 10.9. The summed E-state index contributed by atoms with van der Waals surface area (Å²) in [7, 11) is 0. The zero-order valence-corrected chi connectivity index (χ0v) is 17.1. The molecular formula is C22H34N4O2. The van der Waals surface area contributed by atoms with Gasteiger partial charge in [0.15, 0.2) is 0 Å². The summed E-state index contributed by atoms with van der Waals surface area (Å²) in [6, 6.07) is 10.1. The highest BCUT2D eigenvalue weighted by Crippen LogP contribution is 2.36. The van der Waals surface area contributed by atoms with Crippen LogP contribution in [-0.2, 0) is 4.74 Å². The number of amides is 2. The fraction of sp³-hybridized carbons (Fsp3) is 0.682. The molecule has 1 spiro atoms. The second kappa shape index (κ2) is 8.80. The van der Waals surface area contributed by atoms with Gasteiger partial charge < -0.3 is 15.0 Å². The summed E-state index contributed by atoms with van der Waals surface area (Å²) in [6.07, 6.45) is 5.23. The van der Waals surface area contributed by atoms with E-state index in [9.17, 15) is 4.79 Å². The molecule has 28 heavy (non-hydrogen) atoms. The molecule has 0 bridgehead atoms. The molecule has 6 heteroatoms. The highest BCUT2D eigenvalue weighted by Gasteiger charge is 2.54. The Hall–Kier alpha value is -1.63. The van der Waals surface area contributed by atoms with Crippen LogP contribution in [0.25, 0.3) is 0 Å². The van der Waals surface area contributed by atoms with E-state index in [2.05, 4.69) is 22.0 Å². The van der Waals surface area contributed by atoms with Crippen LogP contribution in [0.3, 0.4) is 0 Å². The maximum Gasteiger partial charge on any atom is 0.321 e. The number of unbranched alkanes of at least 4 members (excludes halogenated alkanes) is 3. The predicted molar refractivity (Wildman–Crippen MR) is 112 cm³/mol. The number of ether oxygens (including phenoxy) is 1. The molecule has 0 saturated carbocycles. The minimum atomic E-state index is 0.0113. The number of fused-ring (bicyclic) bond motifs is 2. The molecule has 4 rings (SSSR count). The lowest BCUT2D eigenvalue weighted by atomic mass is 9.82. The van der Waals surface area contributed by atoms with Gasteiger partial charge in [0.25, 0.3) is 0 Å². The molecule has 6 nitrogen and oxygen atoms in total. The Kier molecular flexibility index (Phi) is 6.19. The number of rotatable bonds is 6. The molecule has 1 aromatic rings. The van der Waals surface area contributed by atoms with Crippen molar-refractivity contribution in [3.8, 4) is 0 Å². The average molecular weight is 387 g/mol. The van der Waals surface area contributed by atoms with Gasteiger partial charge in [-0.1, -0.05) is 44.4 Å². The topological polar surface area (TPSA) is 48.1 Å². The second-order valence-corrected chi connectivity index (χ2v) is 8.59. The second-order valence-electron chi connectivity index (χ2n) is 8.59. The third-order valence-corrected chi connectivity index (χ3v) is 6.43. The number of piperazine rings is 1. The lowest BCUT2D eigenvalue weighted by Gasteiger charge is -2.63. The van der Waals surface area contributed by atoms with Gasteiger partial charge in [0, 0.05) is 38.4 Å². The molecule has 154 valence electrons. The number of urea groups is 1. The van der Waals surface area contributed by atoms with Gasteiger partial charge in [-0.2, -0.15) is 0 Å². The SMILES string of the molecule is CCCCCCN1CC2(C1)CN(C(=O)Nc1ccccc1)C[C@@H]1COCCN12. The minimum Gasteiger partial charge on any atom is -0.378 e. The smallest absolute Gasteiger partial charge is 0.321 e. The van der Waals surface area contributed by atoms with Crippen LogP contribution in [0.15, 0.2) is 30.3 Å². The number of morpholine rings is 1. The summed E-state index contributed by atoms with van der Waals surface area (Å²) in [6.45, 7) is 9.68. The molecule has 1 N–H and O–H groups in total.